The van der Waals surface area contributed by atoms with Crippen molar-refractivity contribution < 1.29 is 9.47 Å². The van der Waals surface area contributed by atoms with E-state index in [1.54, 1.807) is 19.3 Å². The lowest BCUT2D eigenvalue weighted by molar-refractivity contribution is -0.115. The van der Waals surface area contributed by atoms with Crippen molar-refractivity contribution in [3.8, 4) is 0 Å². The molecule has 0 saturated heterocycles. The van der Waals surface area contributed by atoms with Gasteiger partial charge in [0.15, 0.2) is 6.29 Å². The summed E-state index contributed by atoms with van der Waals surface area (Å²) < 4.78 is 10.8. The zero-order valence-electron chi connectivity index (χ0n) is 11.8. The Labute approximate surface area is 114 Å². The normalized spacial score (nSPS) is 14.7. The number of hydrogen-bond donors (Lipinski definition) is 0. The highest BCUT2D eigenvalue weighted by atomic mass is 16.7. The minimum Gasteiger partial charge on any atom is -0.356 e. The van der Waals surface area contributed by atoms with Crippen LogP contribution >= 0.6 is 0 Å². The fourth-order valence-electron chi connectivity index (χ4n) is 1.29. The van der Waals surface area contributed by atoms with Gasteiger partial charge in [-0.05, 0) is 30.7 Å². The van der Waals surface area contributed by atoms with Crippen LogP contribution in [0.15, 0.2) is 46.9 Å². The molecule has 0 N–H and O–H groups in total. The molecule has 1 unspecified atom stereocenters. The standard InChI is InChI=1S/C14H22N2O3/c1-5-8-14(18-4)19-11-13(7-3)16-12(6-2)9-10-15-17/h6-7,9-10,14H,3,5,8,11H2,1-2,4H3/b10-9+,12-6-,16-13?. The van der Waals surface area contributed by atoms with Crippen molar-refractivity contribution in [1.82, 2.24) is 0 Å². The van der Waals surface area contributed by atoms with Crippen LogP contribution in [0.2, 0.25) is 0 Å². The van der Waals surface area contributed by atoms with Crippen molar-refractivity contribution in [3.63, 3.8) is 0 Å². The van der Waals surface area contributed by atoms with E-state index in [0.29, 0.717) is 18.0 Å². The molecule has 106 valence electrons. The molecule has 0 aliphatic carbocycles. The van der Waals surface area contributed by atoms with Crippen LogP contribution < -0.4 is 0 Å². The molecule has 0 rings (SSSR count). The quantitative estimate of drug-likeness (QED) is 0.263. The van der Waals surface area contributed by atoms with Gasteiger partial charge < -0.3 is 9.47 Å². The van der Waals surface area contributed by atoms with E-state index in [0.717, 1.165) is 19.0 Å². The number of allylic oxidation sites excluding steroid dienone is 2. The zero-order chi connectivity index (χ0) is 14.5. The smallest absolute Gasteiger partial charge is 0.157 e. The number of nitrogens with zero attached hydrogens (tertiary/aromatic N) is 2. The highest BCUT2D eigenvalue weighted by Crippen LogP contribution is 2.05. The molecule has 0 heterocycles. The van der Waals surface area contributed by atoms with E-state index in [1.807, 2.05) is 6.92 Å². The van der Waals surface area contributed by atoms with Gasteiger partial charge in [0.25, 0.3) is 0 Å². The van der Waals surface area contributed by atoms with Crippen molar-refractivity contribution in [2.75, 3.05) is 13.7 Å². The molecule has 5 nitrogen and oxygen atoms in total. The average molecular weight is 266 g/mol. The summed E-state index contributed by atoms with van der Waals surface area (Å²) in [5, 5.41) is 2.65. The summed E-state index contributed by atoms with van der Waals surface area (Å²) in [6.45, 7) is 7.88. The van der Waals surface area contributed by atoms with Crippen LogP contribution in [0.25, 0.3) is 0 Å². The van der Waals surface area contributed by atoms with Gasteiger partial charge in [-0.25, -0.2) is 0 Å². The molecule has 0 spiro atoms. The predicted octanol–water partition coefficient (Wildman–Crippen LogP) is 3.59. The summed E-state index contributed by atoms with van der Waals surface area (Å²) in [6.07, 6.45) is 7.62. The fraction of sp³-hybridized carbons (Fsp3) is 0.500. The van der Waals surface area contributed by atoms with Crippen molar-refractivity contribution in [3.05, 3.63) is 41.6 Å². The molecule has 5 heteroatoms. The first-order valence-corrected chi connectivity index (χ1v) is 6.21. The van der Waals surface area contributed by atoms with Crippen molar-refractivity contribution in [1.29, 1.82) is 0 Å². The Bertz CT molecular complexity index is 360. The van der Waals surface area contributed by atoms with Crippen LogP contribution in [-0.4, -0.2) is 25.7 Å². The van der Waals surface area contributed by atoms with Gasteiger partial charge in [0.05, 0.1) is 24.2 Å². The number of aliphatic imine (C=N–C) groups is 1. The lowest BCUT2D eigenvalue weighted by atomic mass is 10.3. The highest BCUT2D eigenvalue weighted by Gasteiger charge is 2.07. The molecule has 0 amide bonds. The Hall–Kier alpha value is -1.59. The molecule has 0 aromatic heterocycles. The highest BCUT2D eigenvalue weighted by molar-refractivity contribution is 5.96. The number of nitroso groups, excluding NO2 is 1. The summed E-state index contributed by atoms with van der Waals surface area (Å²) in [6, 6.07) is 0. The van der Waals surface area contributed by atoms with Crippen LogP contribution in [0, 0.1) is 4.91 Å². The second kappa shape index (κ2) is 11.5. The first-order chi connectivity index (χ1) is 9.21. The Balaban J connectivity index is 4.59. The van der Waals surface area contributed by atoms with Gasteiger partial charge in [-0.1, -0.05) is 26.0 Å². The van der Waals surface area contributed by atoms with Gasteiger partial charge in [-0.3, -0.25) is 4.99 Å². The van der Waals surface area contributed by atoms with Crippen LogP contribution in [0.3, 0.4) is 0 Å². The number of ether oxygens (including phenoxy) is 2. The maximum absolute atomic E-state index is 10.0. The number of rotatable bonds is 10. The Morgan fingerprint density at radius 2 is 2.21 bits per heavy atom. The van der Waals surface area contributed by atoms with Crippen LogP contribution in [0.1, 0.15) is 26.7 Å². The van der Waals surface area contributed by atoms with E-state index < -0.39 is 0 Å². The maximum Gasteiger partial charge on any atom is 0.157 e. The molecule has 0 bridgehead atoms. The Morgan fingerprint density at radius 3 is 2.68 bits per heavy atom. The molecular weight excluding hydrogens is 244 g/mol. The molecule has 0 aromatic carbocycles. The van der Waals surface area contributed by atoms with E-state index >= 15 is 0 Å². The largest absolute Gasteiger partial charge is 0.356 e. The van der Waals surface area contributed by atoms with E-state index in [-0.39, 0.29) is 6.29 Å². The third-order valence-corrected chi connectivity index (χ3v) is 2.31. The number of methoxy groups -OCH3 is 1. The summed E-state index contributed by atoms with van der Waals surface area (Å²) in [7, 11) is 1.61. The monoisotopic (exact) mass is 266 g/mol. The molecule has 1 atom stereocenters. The van der Waals surface area contributed by atoms with E-state index in [4.69, 9.17) is 9.47 Å². The third kappa shape index (κ3) is 8.18. The fourth-order valence-corrected chi connectivity index (χ4v) is 1.29. The first kappa shape index (κ1) is 17.4. The Morgan fingerprint density at radius 1 is 1.47 bits per heavy atom. The van der Waals surface area contributed by atoms with Crippen LogP contribution in [0.4, 0.5) is 0 Å². The zero-order valence-corrected chi connectivity index (χ0v) is 11.8. The van der Waals surface area contributed by atoms with E-state index in [2.05, 4.69) is 23.7 Å². The first-order valence-electron chi connectivity index (χ1n) is 6.21. The second-order valence-electron chi connectivity index (χ2n) is 3.71. The summed E-state index contributed by atoms with van der Waals surface area (Å²) in [5.74, 6) is 0. The summed E-state index contributed by atoms with van der Waals surface area (Å²) in [5.41, 5.74) is 1.30. The molecule has 19 heavy (non-hydrogen) atoms. The minimum atomic E-state index is -0.239. The van der Waals surface area contributed by atoms with Crippen molar-refractivity contribution >= 4 is 5.71 Å². The van der Waals surface area contributed by atoms with Gasteiger partial charge in [-0.2, -0.15) is 0 Å². The van der Waals surface area contributed by atoms with Gasteiger partial charge in [0.2, 0.25) is 0 Å². The van der Waals surface area contributed by atoms with Crippen LogP contribution in [-0.2, 0) is 9.47 Å². The molecule has 0 saturated carbocycles. The van der Waals surface area contributed by atoms with Gasteiger partial charge in [0, 0.05) is 7.11 Å². The number of hydrogen-bond acceptors (Lipinski definition) is 5. The van der Waals surface area contributed by atoms with Crippen molar-refractivity contribution in [2.45, 2.75) is 33.0 Å². The molecule has 0 aliphatic heterocycles. The molecule has 0 fully saturated rings. The van der Waals surface area contributed by atoms with E-state index in [1.165, 1.54) is 6.08 Å². The van der Waals surface area contributed by atoms with Crippen molar-refractivity contribution in [2.24, 2.45) is 10.2 Å². The van der Waals surface area contributed by atoms with Gasteiger partial charge >= 0.3 is 0 Å². The van der Waals surface area contributed by atoms with Crippen LogP contribution in [0.5, 0.6) is 0 Å². The minimum absolute atomic E-state index is 0.239. The topological polar surface area (TPSA) is 60.2 Å². The SMILES string of the molecule is C=CC(COC(CCC)OC)=NC(=C\C)/C=C/N=O. The Kier molecular flexibility index (Phi) is 10.5. The molecule has 0 aromatic rings. The molecule has 0 aliphatic rings. The van der Waals surface area contributed by atoms with Gasteiger partial charge in [-0.15, -0.1) is 4.91 Å². The predicted molar refractivity (Wildman–Crippen MR) is 78.0 cm³/mol. The molecular formula is C14H22N2O3. The van der Waals surface area contributed by atoms with Gasteiger partial charge in [0.1, 0.15) is 0 Å². The summed E-state index contributed by atoms with van der Waals surface area (Å²) in [4.78, 5) is 14.3. The van der Waals surface area contributed by atoms with E-state index in [9.17, 15) is 4.91 Å². The summed E-state index contributed by atoms with van der Waals surface area (Å²) >= 11 is 0. The molecule has 0 radical (unpaired) electrons. The lowest BCUT2D eigenvalue weighted by Crippen LogP contribution is -2.19. The lowest BCUT2D eigenvalue weighted by Gasteiger charge is -2.15. The maximum atomic E-state index is 10.0. The average Bonchev–Trinajstić information content (AvgIpc) is 2.45. The second-order valence-corrected chi connectivity index (χ2v) is 3.71. The third-order valence-electron chi connectivity index (χ3n) is 2.31.